The van der Waals surface area contributed by atoms with Crippen molar-refractivity contribution in [2.45, 2.75) is 46.5 Å². The van der Waals surface area contributed by atoms with Gasteiger partial charge in [-0.2, -0.15) is 15.0 Å². The van der Waals surface area contributed by atoms with Crippen molar-refractivity contribution in [3.05, 3.63) is 33.6 Å². The highest BCUT2D eigenvalue weighted by Gasteiger charge is 2.24. The molecule has 4 rings (SSSR count). The minimum absolute atomic E-state index is 0.000758. The van der Waals surface area contributed by atoms with Crippen LogP contribution in [0.15, 0.2) is 12.3 Å². The lowest BCUT2D eigenvalue weighted by atomic mass is 10.00. The molecule has 0 bridgehead atoms. The molecule has 0 saturated carbocycles. The molecular formula is C20H25Cl2F2N5O. The van der Waals surface area contributed by atoms with Crippen molar-refractivity contribution in [1.29, 1.82) is 0 Å². The van der Waals surface area contributed by atoms with E-state index in [1.54, 1.807) is 19.3 Å². The summed E-state index contributed by atoms with van der Waals surface area (Å²) >= 11 is 12.7. The smallest absolute Gasteiger partial charge is 0.242 e. The highest BCUT2D eigenvalue weighted by atomic mass is 35.5. The van der Waals surface area contributed by atoms with Gasteiger partial charge in [-0.15, -0.1) is 0 Å². The van der Waals surface area contributed by atoms with Crippen LogP contribution in [0.4, 0.5) is 8.78 Å². The number of aromatic nitrogens is 4. The van der Waals surface area contributed by atoms with Gasteiger partial charge in [-0.25, -0.2) is 8.78 Å². The van der Waals surface area contributed by atoms with E-state index in [9.17, 15) is 13.6 Å². The van der Waals surface area contributed by atoms with Crippen LogP contribution in [0.5, 0.6) is 0 Å². The van der Waals surface area contributed by atoms with E-state index < -0.39 is 5.92 Å². The highest BCUT2D eigenvalue weighted by molar-refractivity contribution is 6.45. The van der Waals surface area contributed by atoms with Crippen LogP contribution in [0.3, 0.4) is 0 Å². The number of aromatic amines is 1. The molecule has 0 fully saturated rings. The molecule has 0 aliphatic carbocycles. The van der Waals surface area contributed by atoms with Gasteiger partial charge < -0.3 is 10.3 Å². The van der Waals surface area contributed by atoms with Gasteiger partial charge in [0.05, 0.1) is 28.2 Å². The fourth-order valence-corrected chi connectivity index (χ4v) is 3.46. The van der Waals surface area contributed by atoms with Gasteiger partial charge in [0.2, 0.25) is 11.8 Å². The van der Waals surface area contributed by atoms with Gasteiger partial charge in [0.25, 0.3) is 0 Å². The summed E-state index contributed by atoms with van der Waals surface area (Å²) in [5.41, 5.74) is 4.23. The lowest BCUT2D eigenvalue weighted by molar-refractivity contribution is -0.120. The molecule has 3 aromatic rings. The van der Waals surface area contributed by atoms with Crippen LogP contribution in [0.2, 0.25) is 10.0 Å². The van der Waals surface area contributed by atoms with Crippen molar-refractivity contribution < 1.29 is 13.6 Å². The molecule has 0 unspecified atom stereocenters. The molecule has 164 valence electrons. The quantitative estimate of drug-likeness (QED) is 0.526. The van der Waals surface area contributed by atoms with Crippen molar-refractivity contribution in [3.8, 4) is 11.3 Å². The molecule has 1 aliphatic rings. The predicted molar refractivity (Wildman–Crippen MR) is 116 cm³/mol. The zero-order chi connectivity index (χ0) is 22.6. The number of carbonyl (C=O) groups is 1. The van der Waals surface area contributed by atoms with Crippen LogP contribution in [0.1, 0.15) is 39.0 Å². The summed E-state index contributed by atoms with van der Waals surface area (Å²) in [7, 11) is 1.75. The zero-order valence-corrected chi connectivity index (χ0v) is 19.0. The van der Waals surface area contributed by atoms with Crippen LogP contribution in [0.25, 0.3) is 22.2 Å². The fraction of sp³-hybridized carbons (Fsp3) is 0.450. The van der Waals surface area contributed by atoms with Gasteiger partial charge in [0.1, 0.15) is 5.69 Å². The number of nitrogens with one attached hydrogen (secondary N) is 2. The standard InChI is InChI=1S/C15H13Cl2N5O.C3H6F2.C2H6/c1-22-19-6-11(21-22)7-4-9(16)14(17)15-13(7)8-5-12(23)18-3-2-10(8)20-15;1-3(2,4)5;1-2/h4,6,20H,2-3,5H2,1H3,(H,18,23);1-2H3;1-2H3. The number of amides is 1. The summed E-state index contributed by atoms with van der Waals surface area (Å²) in [5.74, 6) is -2.50. The van der Waals surface area contributed by atoms with Gasteiger partial charge in [0.15, 0.2) is 0 Å². The molecule has 30 heavy (non-hydrogen) atoms. The number of nitrogens with zero attached hydrogens (tertiary/aromatic N) is 3. The van der Waals surface area contributed by atoms with Crippen molar-refractivity contribution in [2.75, 3.05) is 6.54 Å². The summed E-state index contributed by atoms with van der Waals surface area (Å²) in [6, 6.07) is 1.78. The van der Waals surface area contributed by atoms with Gasteiger partial charge in [-0.3, -0.25) is 4.79 Å². The first-order valence-electron chi connectivity index (χ1n) is 9.57. The minimum atomic E-state index is -2.50. The number of benzene rings is 1. The van der Waals surface area contributed by atoms with Crippen molar-refractivity contribution in [2.24, 2.45) is 7.05 Å². The topological polar surface area (TPSA) is 75.6 Å². The van der Waals surface area contributed by atoms with Crippen LogP contribution >= 0.6 is 23.2 Å². The molecule has 10 heteroatoms. The number of hydrogen-bond donors (Lipinski definition) is 2. The molecule has 0 atom stereocenters. The van der Waals surface area contributed by atoms with E-state index in [2.05, 4.69) is 20.5 Å². The van der Waals surface area contributed by atoms with E-state index in [0.29, 0.717) is 28.7 Å². The third-order valence-electron chi connectivity index (χ3n) is 4.07. The second-order valence-electron chi connectivity index (χ2n) is 6.88. The van der Waals surface area contributed by atoms with Gasteiger partial charge in [-0.05, 0) is 25.5 Å². The number of alkyl halides is 2. The van der Waals surface area contributed by atoms with E-state index in [0.717, 1.165) is 48.0 Å². The van der Waals surface area contributed by atoms with Crippen molar-refractivity contribution in [3.63, 3.8) is 0 Å². The number of halogens is 4. The van der Waals surface area contributed by atoms with Crippen LogP contribution in [0, 0.1) is 0 Å². The van der Waals surface area contributed by atoms with E-state index in [4.69, 9.17) is 23.2 Å². The van der Waals surface area contributed by atoms with E-state index in [1.807, 2.05) is 13.8 Å². The Morgan fingerprint density at radius 1 is 1.23 bits per heavy atom. The van der Waals surface area contributed by atoms with Gasteiger partial charge in [-0.1, -0.05) is 37.0 Å². The monoisotopic (exact) mass is 459 g/mol. The Morgan fingerprint density at radius 3 is 2.43 bits per heavy atom. The van der Waals surface area contributed by atoms with Crippen molar-refractivity contribution >= 4 is 40.0 Å². The molecule has 1 aromatic carbocycles. The highest BCUT2D eigenvalue weighted by Crippen LogP contribution is 2.40. The number of carbonyl (C=O) groups excluding carboxylic acids is 1. The normalized spacial score (nSPS) is 13.4. The molecule has 0 spiro atoms. The Balaban J connectivity index is 0.000000404. The summed E-state index contributed by atoms with van der Waals surface area (Å²) in [6.45, 7) is 6.31. The Labute approximate surface area is 183 Å². The Morgan fingerprint density at radius 2 is 1.87 bits per heavy atom. The first kappa shape index (κ1) is 24.1. The third kappa shape index (κ3) is 5.70. The SMILES string of the molecule is CC.CC(C)(F)F.Cn1ncc(-c2cc(Cl)c(Cl)c3[nH]c4c(c23)CC(=O)NCC4)n1. The van der Waals surface area contributed by atoms with Crippen LogP contribution in [-0.4, -0.2) is 38.4 Å². The second-order valence-corrected chi connectivity index (χ2v) is 7.66. The molecule has 0 saturated heterocycles. The number of rotatable bonds is 1. The summed E-state index contributed by atoms with van der Waals surface area (Å²) in [5, 5.41) is 13.2. The third-order valence-corrected chi connectivity index (χ3v) is 4.86. The predicted octanol–water partition coefficient (Wildman–Crippen LogP) is 5.17. The van der Waals surface area contributed by atoms with Gasteiger partial charge >= 0.3 is 0 Å². The fourth-order valence-electron chi connectivity index (χ4n) is 3.06. The lowest BCUT2D eigenvalue weighted by Gasteiger charge is -2.06. The molecular weight excluding hydrogens is 435 g/mol. The first-order valence-corrected chi connectivity index (χ1v) is 10.3. The molecule has 2 N–H and O–H groups in total. The largest absolute Gasteiger partial charge is 0.357 e. The van der Waals surface area contributed by atoms with Gasteiger partial charge in [0, 0.05) is 36.7 Å². The van der Waals surface area contributed by atoms with Crippen LogP contribution < -0.4 is 5.32 Å². The summed E-state index contributed by atoms with van der Waals surface area (Å²) in [6.07, 6.45) is 2.71. The molecule has 0 radical (unpaired) electrons. The minimum Gasteiger partial charge on any atom is -0.357 e. The number of aryl methyl sites for hydroxylation is 1. The lowest BCUT2D eigenvalue weighted by Crippen LogP contribution is -2.24. The van der Waals surface area contributed by atoms with E-state index in [-0.39, 0.29) is 5.91 Å². The molecule has 2 aromatic heterocycles. The second kappa shape index (κ2) is 9.75. The molecule has 1 aliphatic heterocycles. The van der Waals surface area contributed by atoms with Crippen LogP contribution in [-0.2, 0) is 24.7 Å². The molecule has 3 heterocycles. The summed E-state index contributed by atoms with van der Waals surface area (Å²) < 4.78 is 22.0. The summed E-state index contributed by atoms with van der Waals surface area (Å²) in [4.78, 5) is 16.8. The number of fused-ring (bicyclic) bond motifs is 3. The zero-order valence-electron chi connectivity index (χ0n) is 17.5. The Hall–Kier alpha value is -2.19. The maximum Gasteiger partial charge on any atom is 0.242 e. The average Bonchev–Trinajstić information content (AvgIpc) is 3.18. The van der Waals surface area contributed by atoms with E-state index in [1.165, 1.54) is 4.80 Å². The Kier molecular flexibility index (Phi) is 7.82. The number of H-pyrrole nitrogens is 1. The van der Waals surface area contributed by atoms with Crippen molar-refractivity contribution in [1.82, 2.24) is 25.3 Å². The average molecular weight is 460 g/mol. The Bertz CT molecular complexity index is 1030. The number of hydrogen-bond acceptors (Lipinski definition) is 3. The molecule has 1 amide bonds. The first-order chi connectivity index (χ1) is 14.0. The maximum absolute atomic E-state index is 12.0. The van der Waals surface area contributed by atoms with E-state index >= 15 is 0 Å². The molecule has 6 nitrogen and oxygen atoms in total. The maximum atomic E-state index is 12.0.